The Hall–Kier alpha value is -2.91. The van der Waals surface area contributed by atoms with Gasteiger partial charge < -0.3 is 15.3 Å². The van der Waals surface area contributed by atoms with E-state index in [-0.39, 0.29) is 12.5 Å². The summed E-state index contributed by atoms with van der Waals surface area (Å²) in [5.74, 6) is -0.714. The second-order valence-electron chi connectivity index (χ2n) is 5.61. The van der Waals surface area contributed by atoms with Crippen LogP contribution in [0.2, 0.25) is 0 Å². The number of hydrogen-bond acceptors (Lipinski definition) is 3. The minimum atomic E-state index is -0.682. The zero-order valence-electron chi connectivity index (χ0n) is 12.8. The zero-order chi connectivity index (χ0) is 17.1. The van der Waals surface area contributed by atoms with Crippen molar-refractivity contribution in [2.45, 2.75) is 18.0 Å². The summed E-state index contributed by atoms with van der Waals surface area (Å²) >= 11 is 0. The SMILES string of the molecule is N#C[C@@H]1[C@H](c2ccccc2)[C@@H](CO)N1C(=O)Nc1cccc(F)c1. The minimum Gasteiger partial charge on any atom is -0.394 e. The summed E-state index contributed by atoms with van der Waals surface area (Å²) in [4.78, 5) is 13.8. The summed E-state index contributed by atoms with van der Waals surface area (Å²) in [6, 6.07) is 15.3. The number of urea groups is 1. The van der Waals surface area contributed by atoms with E-state index in [1.165, 1.54) is 23.1 Å². The van der Waals surface area contributed by atoms with Crippen molar-refractivity contribution in [3.05, 3.63) is 66.0 Å². The molecule has 3 rings (SSSR count). The second kappa shape index (κ2) is 6.69. The number of aliphatic hydroxyl groups excluding tert-OH is 1. The molecule has 1 saturated heterocycles. The van der Waals surface area contributed by atoms with E-state index in [2.05, 4.69) is 11.4 Å². The minimum absolute atomic E-state index is 0.251. The van der Waals surface area contributed by atoms with E-state index in [0.717, 1.165) is 5.56 Å². The van der Waals surface area contributed by atoms with Crippen LogP contribution in [-0.2, 0) is 0 Å². The Morgan fingerprint density at radius 2 is 2.00 bits per heavy atom. The maximum absolute atomic E-state index is 13.2. The number of anilines is 1. The number of halogens is 1. The van der Waals surface area contributed by atoms with Crippen LogP contribution in [0.25, 0.3) is 0 Å². The topological polar surface area (TPSA) is 76.4 Å². The van der Waals surface area contributed by atoms with Gasteiger partial charge in [0.25, 0.3) is 0 Å². The van der Waals surface area contributed by atoms with Crippen LogP contribution >= 0.6 is 0 Å². The van der Waals surface area contributed by atoms with Crippen molar-refractivity contribution >= 4 is 11.7 Å². The van der Waals surface area contributed by atoms with Crippen LogP contribution in [0, 0.1) is 17.1 Å². The van der Waals surface area contributed by atoms with E-state index < -0.39 is 23.9 Å². The van der Waals surface area contributed by atoms with Crippen molar-refractivity contribution in [1.82, 2.24) is 4.90 Å². The van der Waals surface area contributed by atoms with Crippen molar-refractivity contribution in [3.8, 4) is 6.07 Å². The van der Waals surface area contributed by atoms with Crippen LogP contribution in [0.1, 0.15) is 11.5 Å². The van der Waals surface area contributed by atoms with Gasteiger partial charge in [0.05, 0.1) is 18.7 Å². The third kappa shape index (κ3) is 2.82. The fourth-order valence-corrected chi connectivity index (χ4v) is 3.12. The van der Waals surface area contributed by atoms with Crippen molar-refractivity contribution in [3.63, 3.8) is 0 Å². The smallest absolute Gasteiger partial charge is 0.323 e. The largest absolute Gasteiger partial charge is 0.394 e. The zero-order valence-corrected chi connectivity index (χ0v) is 12.8. The Morgan fingerprint density at radius 3 is 2.62 bits per heavy atom. The monoisotopic (exact) mass is 325 g/mol. The highest BCUT2D eigenvalue weighted by Crippen LogP contribution is 2.40. The summed E-state index contributed by atoms with van der Waals surface area (Å²) in [6.45, 7) is -0.256. The number of nitrogens with one attached hydrogen (secondary N) is 1. The fourth-order valence-electron chi connectivity index (χ4n) is 3.12. The first-order chi connectivity index (χ1) is 11.7. The molecule has 3 atom stereocenters. The molecule has 0 aliphatic carbocycles. The number of rotatable bonds is 3. The van der Waals surface area contributed by atoms with Crippen LogP contribution in [0.5, 0.6) is 0 Å². The molecule has 1 aliphatic heterocycles. The van der Waals surface area contributed by atoms with E-state index in [9.17, 15) is 19.6 Å². The molecule has 0 saturated carbocycles. The summed E-state index contributed by atoms with van der Waals surface area (Å²) in [5, 5.41) is 21.7. The molecule has 0 aromatic heterocycles. The molecule has 5 nitrogen and oxygen atoms in total. The predicted octanol–water partition coefficient (Wildman–Crippen LogP) is 2.71. The maximum Gasteiger partial charge on any atom is 0.323 e. The molecule has 1 aliphatic rings. The molecule has 122 valence electrons. The number of carbonyl (C=O) groups excluding carboxylic acids is 1. The number of amides is 2. The molecule has 6 heteroatoms. The maximum atomic E-state index is 13.2. The Morgan fingerprint density at radius 1 is 1.25 bits per heavy atom. The number of nitriles is 1. The van der Waals surface area contributed by atoms with Crippen LogP contribution < -0.4 is 5.32 Å². The van der Waals surface area contributed by atoms with E-state index in [4.69, 9.17) is 0 Å². The highest BCUT2D eigenvalue weighted by atomic mass is 19.1. The molecule has 2 aromatic rings. The van der Waals surface area contributed by atoms with Crippen molar-refractivity contribution in [2.24, 2.45) is 0 Å². The Bertz CT molecular complexity index is 775. The number of nitrogens with zero attached hydrogens (tertiary/aromatic N) is 2. The van der Waals surface area contributed by atoms with Gasteiger partial charge in [-0.1, -0.05) is 36.4 Å². The summed E-state index contributed by atoms with van der Waals surface area (Å²) < 4.78 is 13.2. The molecule has 1 fully saturated rings. The Balaban J connectivity index is 1.80. The molecule has 0 bridgehead atoms. The Labute approximate surface area is 138 Å². The van der Waals surface area contributed by atoms with Crippen LogP contribution in [0.3, 0.4) is 0 Å². The van der Waals surface area contributed by atoms with Gasteiger partial charge in [0.2, 0.25) is 0 Å². The predicted molar refractivity (Wildman–Crippen MR) is 86.7 cm³/mol. The molecule has 0 unspecified atom stereocenters. The number of likely N-dealkylation sites (tertiary alicyclic amines) is 1. The average Bonchev–Trinajstić information content (AvgIpc) is 2.55. The van der Waals surface area contributed by atoms with Gasteiger partial charge in [-0.25, -0.2) is 9.18 Å². The number of carbonyl (C=O) groups is 1. The lowest BCUT2D eigenvalue weighted by atomic mass is 9.76. The van der Waals surface area contributed by atoms with Gasteiger partial charge in [0.1, 0.15) is 11.9 Å². The lowest BCUT2D eigenvalue weighted by Crippen LogP contribution is -2.66. The molecule has 2 aromatic carbocycles. The third-order valence-electron chi connectivity index (χ3n) is 4.23. The first-order valence-corrected chi connectivity index (χ1v) is 7.56. The molecular formula is C18H16FN3O2. The van der Waals surface area contributed by atoms with Crippen LogP contribution in [-0.4, -0.2) is 34.7 Å². The van der Waals surface area contributed by atoms with E-state index in [1.54, 1.807) is 6.07 Å². The molecule has 2 amide bonds. The fraction of sp³-hybridized carbons (Fsp3) is 0.222. The van der Waals surface area contributed by atoms with Crippen molar-refractivity contribution < 1.29 is 14.3 Å². The first-order valence-electron chi connectivity index (χ1n) is 7.56. The number of hydrogen-bond donors (Lipinski definition) is 2. The molecule has 0 spiro atoms. The molecular weight excluding hydrogens is 309 g/mol. The lowest BCUT2D eigenvalue weighted by Gasteiger charge is -2.51. The van der Waals surface area contributed by atoms with Crippen molar-refractivity contribution in [2.75, 3.05) is 11.9 Å². The summed E-state index contributed by atoms with van der Waals surface area (Å²) in [6.07, 6.45) is 0. The number of benzene rings is 2. The molecule has 2 N–H and O–H groups in total. The Kier molecular flexibility index (Phi) is 4.45. The molecule has 24 heavy (non-hydrogen) atoms. The highest BCUT2D eigenvalue weighted by molar-refractivity contribution is 5.91. The van der Waals surface area contributed by atoms with E-state index in [1.807, 2.05) is 30.3 Å². The van der Waals surface area contributed by atoms with Crippen LogP contribution in [0.4, 0.5) is 14.9 Å². The second-order valence-corrected chi connectivity index (χ2v) is 5.61. The molecule has 1 heterocycles. The quantitative estimate of drug-likeness (QED) is 0.911. The standard InChI is InChI=1S/C18H16FN3O2/c19-13-7-4-8-14(9-13)21-18(24)22-15(10-20)17(16(22)11-23)12-5-2-1-3-6-12/h1-9,15-17,23H,11H2,(H,21,24)/t15-,16-,17+/m1/s1. The number of aliphatic hydroxyl groups is 1. The average molecular weight is 325 g/mol. The summed E-state index contributed by atoms with van der Waals surface area (Å²) in [5.41, 5.74) is 1.20. The van der Waals surface area contributed by atoms with Gasteiger partial charge in [-0.05, 0) is 23.8 Å². The lowest BCUT2D eigenvalue weighted by molar-refractivity contribution is 0.0224. The first kappa shape index (κ1) is 16.0. The summed E-state index contributed by atoms with van der Waals surface area (Å²) in [7, 11) is 0. The van der Waals surface area contributed by atoms with Gasteiger partial charge in [0, 0.05) is 11.6 Å². The van der Waals surface area contributed by atoms with E-state index in [0.29, 0.717) is 5.69 Å². The van der Waals surface area contributed by atoms with Gasteiger partial charge >= 0.3 is 6.03 Å². The van der Waals surface area contributed by atoms with E-state index >= 15 is 0 Å². The van der Waals surface area contributed by atoms with Crippen molar-refractivity contribution in [1.29, 1.82) is 5.26 Å². The normalized spacial score (nSPS) is 22.4. The van der Waals surface area contributed by atoms with Gasteiger partial charge in [-0.3, -0.25) is 0 Å². The molecule has 0 radical (unpaired) electrons. The van der Waals surface area contributed by atoms with Gasteiger partial charge in [-0.2, -0.15) is 5.26 Å². The van der Waals surface area contributed by atoms with Gasteiger partial charge in [0.15, 0.2) is 0 Å². The third-order valence-corrected chi connectivity index (χ3v) is 4.23. The highest BCUT2D eigenvalue weighted by Gasteiger charge is 2.51. The van der Waals surface area contributed by atoms with Crippen LogP contribution in [0.15, 0.2) is 54.6 Å². The van der Waals surface area contributed by atoms with Gasteiger partial charge in [-0.15, -0.1) is 0 Å².